The van der Waals surface area contributed by atoms with Crippen molar-refractivity contribution in [2.45, 2.75) is 37.2 Å². The molecule has 1 aliphatic heterocycles. The fraction of sp³-hybridized carbons (Fsp3) is 0.240. The van der Waals surface area contributed by atoms with Crippen LogP contribution in [0.15, 0.2) is 71.6 Å². The average molecular weight is 487 g/mol. The first-order valence-corrected chi connectivity index (χ1v) is 12.1. The maximum Gasteiger partial charge on any atom is 0.267 e. The first-order chi connectivity index (χ1) is 16.0. The van der Waals surface area contributed by atoms with Gasteiger partial charge in [-0.05, 0) is 47.4 Å². The van der Waals surface area contributed by atoms with Gasteiger partial charge in [-0.2, -0.15) is 0 Å². The van der Waals surface area contributed by atoms with E-state index in [0.717, 1.165) is 22.0 Å². The number of halogens is 2. The average Bonchev–Trinajstić information content (AvgIpc) is 2.80. The van der Waals surface area contributed by atoms with Gasteiger partial charge < -0.3 is 10.1 Å². The number of ether oxygens (including phenoxy) is 1. The number of carbonyl (C=O) groups is 1. The zero-order valence-electron chi connectivity index (χ0n) is 18.9. The van der Waals surface area contributed by atoms with Crippen LogP contribution in [0.3, 0.4) is 0 Å². The zero-order valence-corrected chi connectivity index (χ0v) is 19.7. The normalized spacial score (nSPS) is 15.9. The molecule has 1 aliphatic rings. The Morgan fingerprint density at radius 1 is 1.00 bits per heavy atom. The summed E-state index contributed by atoms with van der Waals surface area (Å²) >= 11 is 0. The van der Waals surface area contributed by atoms with E-state index in [1.54, 1.807) is 30.3 Å². The molecule has 0 bridgehead atoms. The van der Waals surface area contributed by atoms with Crippen molar-refractivity contribution in [3.05, 3.63) is 83.9 Å². The molecule has 9 heteroatoms. The number of rotatable bonds is 4. The highest BCUT2D eigenvalue weighted by molar-refractivity contribution is 7.92. The molecule has 3 aromatic rings. The van der Waals surface area contributed by atoms with Crippen molar-refractivity contribution in [2.24, 2.45) is 0 Å². The zero-order chi connectivity index (χ0) is 24.7. The summed E-state index contributed by atoms with van der Waals surface area (Å²) in [5, 5.41) is 2.47. The van der Waals surface area contributed by atoms with Gasteiger partial charge in [-0.3, -0.25) is 9.10 Å². The molecule has 0 aromatic heterocycles. The van der Waals surface area contributed by atoms with Crippen LogP contribution >= 0.6 is 0 Å². The van der Waals surface area contributed by atoms with E-state index in [4.69, 9.17) is 4.74 Å². The molecule has 4 rings (SSSR count). The number of sulfonamides is 1. The number of nitrogens with zero attached hydrogens (tertiary/aromatic N) is 1. The molecule has 34 heavy (non-hydrogen) atoms. The molecule has 3 aromatic carbocycles. The molecule has 6 nitrogen and oxygen atoms in total. The van der Waals surface area contributed by atoms with Crippen LogP contribution in [-0.4, -0.2) is 27.0 Å². The third-order valence-corrected chi connectivity index (χ3v) is 7.30. The van der Waals surface area contributed by atoms with Gasteiger partial charge in [-0.25, -0.2) is 17.2 Å². The van der Waals surface area contributed by atoms with Crippen LogP contribution in [-0.2, 0) is 20.2 Å². The van der Waals surface area contributed by atoms with Gasteiger partial charge in [0, 0.05) is 11.8 Å². The topological polar surface area (TPSA) is 75.7 Å². The van der Waals surface area contributed by atoms with Gasteiger partial charge in [0.05, 0.1) is 17.1 Å². The van der Waals surface area contributed by atoms with Crippen LogP contribution in [0.4, 0.5) is 20.2 Å². The van der Waals surface area contributed by atoms with Crippen molar-refractivity contribution in [3.8, 4) is 5.75 Å². The van der Waals surface area contributed by atoms with Gasteiger partial charge >= 0.3 is 0 Å². The Kier molecular flexibility index (Phi) is 6.07. The van der Waals surface area contributed by atoms with Crippen LogP contribution < -0.4 is 14.4 Å². The minimum atomic E-state index is -4.03. The van der Waals surface area contributed by atoms with Crippen molar-refractivity contribution < 1.29 is 26.7 Å². The summed E-state index contributed by atoms with van der Waals surface area (Å²) in [6.45, 7) is 5.72. The van der Waals surface area contributed by atoms with Crippen LogP contribution in [0.25, 0.3) is 0 Å². The lowest BCUT2D eigenvalue weighted by Gasteiger charge is -2.36. The molecular weight excluding hydrogens is 462 g/mol. The molecule has 0 saturated carbocycles. The Morgan fingerprint density at radius 2 is 1.71 bits per heavy atom. The fourth-order valence-corrected chi connectivity index (χ4v) is 5.09. The third kappa shape index (κ3) is 4.61. The SMILES string of the molecule is CC(C)(C)c1ccc2c(c1)N(S(=O)(=O)c1ccccc1)C[C@H](C(=O)Nc1ccc(F)c(F)c1)O2. The first-order valence-electron chi connectivity index (χ1n) is 10.6. The number of hydrogen-bond donors (Lipinski definition) is 1. The van der Waals surface area contributed by atoms with Gasteiger partial charge in [0.25, 0.3) is 15.9 Å². The standard InChI is InChI=1S/C25H24F2N2O4S/c1-25(2,3)16-9-12-22-21(13-16)29(34(31,32)18-7-5-4-6-8-18)15-23(33-22)24(30)28-17-10-11-19(26)20(27)14-17/h4-14,23H,15H2,1-3H3,(H,28,30)/t23-/m1/s1. The highest BCUT2D eigenvalue weighted by atomic mass is 32.2. The molecule has 0 spiro atoms. The number of fused-ring (bicyclic) bond motifs is 1. The van der Waals surface area contributed by atoms with Gasteiger partial charge in [-0.15, -0.1) is 0 Å². The Hall–Kier alpha value is -3.46. The van der Waals surface area contributed by atoms with E-state index in [9.17, 15) is 22.0 Å². The molecular formula is C25H24F2N2O4S. The second kappa shape index (κ2) is 8.72. The summed E-state index contributed by atoms with van der Waals surface area (Å²) in [6, 6.07) is 16.1. The molecule has 1 N–H and O–H groups in total. The molecule has 0 saturated heterocycles. The van der Waals surface area contributed by atoms with E-state index in [1.807, 2.05) is 26.8 Å². The monoisotopic (exact) mass is 486 g/mol. The summed E-state index contributed by atoms with van der Waals surface area (Å²) in [5.41, 5.74) is 0.998. The molecule has 0 unspecified atom stereocenters. The second-order valence-corrected chi connectivity index (χ2v) is 10.9. The van der Waals surface area contributed by atoms with Crippen LogP contribution in [0.1, 0.15) is 26.3 Å². The summed E-state index contributed by atoms with van der Waals surface area (Å²) in [6.07, 6.45) is -1.22. The van der Waals surface area contributed by atoms with E-state index < -0.39 is 33.7 Å². The number of nitrogens with one attached hydrogen (secondary N) is 1. The molecule has 178 valence electrons. The number of carbonyl (C=O) groups excluding carboxylic acids is 1. The van der Waals surface area contributed by atoms with Gasteiger partial charge in [-0.1, -0.05) is 45.0 Å². The van der Waals surface area contributed by atoms with Gasteiger partial charge in [0.2, 0.25) is 0 Å². The Bertz CT molecular complexity index is 1340. The summed E-state index contributed by atoms with van der Waals surface area (Å²) in [7, 11) is -4.03. The maximum absolute atomic E-state index is 13.6. The number of anilines is 2. The third-order valence-electron chi connectivity index (χ3n) is 5.51. The highest BCUT2D eigenvalue weighted by Gasteiger charge is 2.38. The Balaban J connectivity index is 1.73. The van der Waals surface area contributed by atoms with E-state index in [1.165, 1.54) is 18.2 Å². The predicted molar refractivity (Wildman–Crippen MR) is 126 cm³/mol. The number of amides is 1. The van der Waals surface area contributed by atoms with Crippen molar-refractivity contribution >= 4 is 27.3 Å². The summed E-state index contributed by atoms with van der Waals surface area (Å²) in [4.78, 5) is 13.0. The Morgan fingerprint density at radius 3 is 2.35 bits per heavy atom. The molecule has 0 fully saturated rings. The lowest BCUT2D eigenvalue weighted by Crippen LogP contribution is -2.49. The lowest BCUT2D eigenvalue weighted by atomic mass is 9.86. The maximum atomic E-state index is 13.6. The van der Waals surface area contributed by atoms with Gasteiger partial charge in [0.15, 0.2) is 17.7 Å². The number of hydrogen-bond acceptors (Lipinski definition) is 4. The molecule has 0 aliphatic carbocycles. The second-order valence-electron chi connectivity index (χ2n) is 9.01. The van der Waals surface area contributed by atoms with E-state index in [0.29, 0.717) is 5.69 Å². The smallest absolute Gasteiger partial charge is 0.267 e. The fourth-order valence-electron chi connectivity index (χ4n) is 3.60. The van der Waals surface area contributed by atoms with Crippen molar-refractivity contribution in [3.63, 3.8) is 0 Å². The summed E-state index contributed by atoms with van der Waals surface area (Å²) in [5.74, 6) is -2.62. The van der Waals surface area contributed by atoms with E-state index >= 15 is 0 Å². The van der Waals surface area contributed by atoms with E-state index in [2.05, 4.69) is 5.32 Å². The van der Waals surface area contributed by atoms with E-state index in [-0.39, 0.29) is 28.3 Å². The molecule has 1 heterocycles. The Labute approximate surface area is 197 Å². The molecule has 1 amide bonds. The van der Waals surface area contributed by atoms with Crippen LogP contribution in [0, 0.1) is 11.6 Å². The van der Waals surface area contributed by atoms with Crippen LogP contribution in [0.2, 0.25) is 0 Å². The lowest BCUT2D eigenvalue weighted by molar-refractivity contribution is -0.122. The molecule has 0 radical (unpaired) electrons. The number of benzene rings is 3. The highest BCUT2D eigenvalue weighted by Crippen LogP contribution is 2.40. The first kappa shape index (κ1) is 23.7. The minimum Gasteiger partial charge on any atom is -0.476 e. The molecule has 1 atom stereocenters. The summed E-state index contributed by atoms with van der Waals surface area (Å²) < 4.78 is 60.9. The minimum absolute atomic E-state index is 0.0267. The van der Waals surface area contributed by atoms with Crippen molar-refractivity contribution in [1.82, 2.24) is 0 Å². The van der Waals surface area contributed by atoms with Crippen LogP contribution in [0.5, 0.6) is 5.75 Å². The van der Waals surface area contributed by atoms with Gasteiger partial charge in [0.1, 0.15) is 5.75 Å². The van der Waals surface area contributed by atoms with Crippen molar-refractivity contribution in [2.75, 3.05) is 16.2 Å². The predicted octanol–water partition coefficient (Wildman–Crippen LogP) is 4.86. The largest absolute Gasteiger partial charge is 0.476 e. The van der Waals surface area contributed by atoms with Crippen molar-refractivity contribution in [1.29, 1.82) is 0 Å². The quantitative estimate of drug-likeness (QED) is 0.572.